The molecule has 1 N–H and O–H groups in total. The molecular weight excluding hydrogens is 220 g/mol. The Hall–Kier alpha value is -0.0800. The maximum atomic E-state index is 3.98. The number of piperidine rings is 1. The van der Waals surface area contributed by atoms with Crippen LogP contribution < -0.4 is 5.32 Å². The predicted octanol–water partition coefficient (Wildman–Crippen LogP) is 3.17. The second-order valence-electron chi connectivity index (χ2n) is 6.85. The summed E-state index contributed by atoms with van der Waals surface area (Å²) in [5, 5.41) is 3.98. The average molecular weight is 250 g/mol. The van der Waals surface area contributed by atoms with Crippen molar-refractivity contribution in [2.45, 2.75) is 82.8 Å². The molecule has 104 valence electrons. The molecule has 0 aromatic rings. The van der Waals surface area contributed by atoms with E-state index in [1.165, 1.54) is 70.9 Å². The van der Waals surface area contributed by atoms with Gasteiger partial charge in [-0.2, -0.15) is 0 Å². The summed E-state index contributed by atoms with van der Waals surface area (Å²) in [6.07, 6.45) is 12.9. The number of likely N-dealkylation sites (tertiary alicyclic amines) is 1. The SMILES string of the molecule is CCC1CCCC(NC2CCN(C3CC3)CC2)C1. The monoisotopic (exact) mass is 250 g/mol. The van der Waals surface area contributed by atoms with E-state index in [1.54, 1.807) is 0 Å². The number of hydrogen-bond acceptors (Lipinski definition) is 2. The lowest BCUT2D eigenvalue weighted by atomic mass is 9.83. The quantitative estimate of drug-likeness (QED) is 0.824. The standard InChI is InChI=1S/C16H30N2/c1-2-13-4-3-5-15(12-13)17-14-8-10-18(11-9-14)16-6-7-16/h13-17H,2-12H2,1H3. The van der Waals surface area contributed by atoms with Crippen molar-refractivity contribution in [3.63, 3.8) is 0 Å². The van der Waals surface area contributed by atoms with E-state index in [1.807, 2.05) is 0 Å². The summed E-state index contributed by atoms with van der Waals surface area (Å²) >= 11 is 0. The topological polar surface area (TPSA) is 15.3 Å². The van der Waals surface area contributed by atoms with Gasteiger partial charge in [-0.1, -0.05) is 26.2 Å². The van der Waals surface area contributed by atoms with Crippen molar-refractivity contribution in [3.8, 4) is 0 Å². The summed E-state index contributed by atoms with van der Waals surface area (Å²) in [5.41, 5.74) is 0. The van der Waals surface area contributed by atoms with Gasteiger partial charge in [0.1, 0.15) is 0 Å². The van der Waals surface area contributed by atoms with Gasteiger partial charge >= 0.3 is 0 Å². The maximum absolute atomic E-state index is 3.98. The summed E-state index contributed by atoms with van der Waals surface area (Å²) in [5.74, 6) is 1.00. The van der Waals surface area contributed by atoms with Gasteiger partial charge in [0.25, 0.3) is 0 Å². The Morgan fingerprint density at radius 1 is 0.944 bits per heavy atom. The van der Waals surface area contributed by atoms with Crippen LogP contribution >= 0.6 is 0 Å². The van der Waals surface area contributed by atoms with Gasteiger partial charge < -0.3 is 10.2 Å². The molecule has 18 heavy (non-hydrogen) atoms. The van der Waals surface area contributed by atoms with Crippen molar-refractivity contribution in [1.82, 2.24) is 10.2 Å². The van der Waals surface area contributed by atoms with Crippen molar-refractivity contribution in [1.29, 1.82) is 0 Å². The average Bonchev–Trinajstić information content (AvgIpc) is 3.24. The minimum absolute atomic E-state index is 0.820. The fourth-order valence-electron chi connectivity index (χ4n) is 4.02. The van der Waals surface area contributed by atoms with Gasteiger partial charge in [-0.05, 0) is 57.5 Å². The molecular formula is C16H30N2. The van der Waals surface area contributed by atoms with Gasteiger partial charge in [-0.25, -0.2) is 0 Å². The molecule has 0 bridgehead atoms. The molecule has 0 spiro atoms. The summed E-state index contributed by atoms with van der Waals surface area (Å²) < 4.78 is 0. The molecule has 0 aromatic carbocycles. The highest BCUT2D eigenvalue weighted by Gasteiger charge is 2.32. The van der Waals surface area contributed by atoms with Gasteiger partial charge in [0, 0.05) is 18.1 Å². The molecule has 2 saturated carbocycles. The van der Waals surface area contributed by atoms with Gasteiger partial charge in [0.2, 0.25) is 0 Å². The lowest BCUT2D eigenvalue weighted by molar-refractivity contribution is 0.169. The van der Waals surface area contributed by atoms with Crippen LogP contribution in [0.2, 0.25) is 0 Å². The van der Waals surface area contributed by atoms with E-state index in [-0.39, 0.29) is 0 Å². The molecule has 0 aromatic heterocycles. The van der Waals surface area contributed by atoms with Crippen LogP contribution in [-0.4, -0.2) is 36.1 Å². The first-order chi connectivity index (χ1) is 8.85. The summed E-state index contributed by atoms with van der Waals surface area (Å²) in [7, 11) is 0. The molecule has 3 aliphatic rings. The Morgan fingerprint density at radius 3 is 2.39 bits per heavy atom. The molecule has 3 fully saturated rings. The van der Waals surface area contributed by atoms with Gasteiger partial charge in [-0.15, -0.1) is 0 Å². The van der Waals surface area contributed by atoms with Crippen LogP contribution in [0, 0.1) is 5.92 Å². The van der Waals surface area contributed by atoms with E-state index in [0.29, 0.717) is 0 Å². The summed E-state index contributed by atoms with van der Waals surface area (Å²) in [6, 6.07) is 2.63. The molecule has 2 heteroatoms. The third-order valence-corrected chi connectivity index (χ3v) is 5.42. The fourth-order valence-corrected chi connectivity index (χ4v) is 4.02. The highest BCUT2D eigenvalue weighted by Crippen LogP contribution is 2.30. The van der Waals surface area contributed by atoms with E-state index in [2.05, 4.69) is 17.1 Å². The fraction of sp³-hybridized carbons (Fsp3) is 1.00. The minimum atomic E-state index is 0.820. The Balaban J connectivity index is 1.40. The van der Waals surface area contributed by atoms with Crippen LogP contribution in [0.4, 0.5) is 0 Å². The van der Waals surface area contributed by atoms with Crippen molar-refractivity contribution < 1.29 is 0 Å². The second kappa shape index (κ2) is 5.92. The molecule has 1 aliphatic heterocycles. The van der Waals surface area contributed by atoms with E-state index in [0.717, 1.165) is 24.0 Å². The van der Waals surface area contributed by atoms with E-state index in [9.17, 15) is 0 Å². The molecule has 1 heterocycles. The summed E-state index contributed by atoms with van der Waals surface area (Å²) in [6.45, 7) is 5.07. The molecule has 1 saturated heterocycles. The van der Waals surface area contributed by atoms with E-state index >= 15 is 0 Å². The first-order valence-corrected chi connectivity index (χ1v) is 8.35. The Bertz CT molecular complexity index is 254. The van der Waals surface area contributed by atoms with Gasteiger partial charge in [0.05, 0.1) is 0 Å². The summed E-state index contributed by atoms with van der Waals surface area (Å²) in [4.78, 5) is 2.73. The van der Waals surface area contributed by atoms with Gasteiger partial charge in [0.15, 0.2) is 0 Å². The Kier molecular flexibility index (Phi) is 4.25. The van der Waals surface area contributed by atoms with E-state index < -0.39 is 0 Å². The zero-order valence-electron chi connectivity index (χ0n) is 12.0. The number of nitrogens with zero attached hydrogens (tertiary/aromatic N) is 1. The first-order valence-electron chi connectivity index (χ1n) is 8.35. The van der Waals surface area contributed by atoms with Gasteiger partial charge in [-0.3, -0.25) is 0 Å². The molecule has 2 atom stereocenters. The highest BCUT2D eigenvalue weighted by molar-refractivity contribution is 4.90. The number of rotatable bonds is 4. The lowest BCUT2D eigenvalue weighted by Gasteiger charge is -2.37. The predicted molar refractivity (Wildman–Crippen MR) is 76.8 cm³/mol. The second-order valence-corrected chi connectivity index (χ2v) is 6.85. The van der Waals surface area contributed by atoms with Crippen molar-refractivity contribution in [2.75, 3.05) is 13.1 Å². The van der Waals surface area contributed by atoms with Crippen LogP contribution in [0.3, 0.4) is 0 Å². The third-order valence-electron chi connectivity index (χ3n) is 5.42. The van der Waals surface area contributed by atoms with Crippen LogP contribution in [0.1, 0.15) is 64.7 Å². The molecule has 2 nitrogen and oxygen atoms in total. The Labute approximate surface area is 113 Å². The van der Waals surface area contributed by atoms with Crippen molar-refractivity contribution >= 4 is 0 Å². The third kappa shape index (κ3) is 3.27. The van der Waals surface area contributed by atoms with E-state index in [4.69, 9.17) is 0 Å². The number of nitrogens with one attached hydrogen (secondary N) is 1. The molecule has 2 unspecified atom stereocenters. The minimum Gasteiger partial charge on any atom is -0.311 e. The van der Waals surface area contributed by atoms with Crippen LogP contribution in [0.15, 0.2) is 0 Å². The molecule has 0 radical (unpaired) electrons. The van der Waals surface area contributed by atoms with Crippen molar-refractivity contribution in [2.24, 2.45) is 5.92 Å². The largest absolute Gasteiger partial charge is 0.311 e. The smallest absolute Gasteiger partial charge is 0.00964 e. The Morgan fingerprint density at radius 2 is 1.72 bits per heavy atom. The van der Waals surface area contributed by atoms with Crippen LogP contribution in [0.25, 0.3) is 0 Å². The molecule has 3 rings (SSSR count). The number of hydrogen-bond donors (Lipinski definition) is 1. The van der Waals surface area contributed by atoms with Crippen molar-refractivity contribution in [3.05, 3.63) is 0 Å². The van der Waals surface area contributed by atoms with Crippen LogP contribution in [-0.2, 0) is 0 Å². The molecule has 2 aliphatic carbocycles. The zero-order chi connectivity index (χ0) is 12.4. The zero-order valence-corrected chi connectivity index (χ0v) is 12.0. The normalized spacial score (nSPS) is 35.8. The lowest BCUT2D eigenvalue weighted by Crippen LogP contribution is -2.47. The molecule has 0 amide bonds. The highest BCUT2D eigenvalue weighted by atomic mass is 15.2. The first kappa shape index (κ1) is 12.9. The maximum Gasteiger partial charge on any atom is 0.00964 e. The van der Waals surface area contributed by atoms with Crippen LogP contribution in [0.5, 0.6) is 0 Å².